The lowest BCUT2D eigenvalue weighted by Crippen LogP contribution is -2.42. The molecule has 0 aromatic carbocycles. The van der Waals surface area contributed by atoms with Crippen LogP contribution in [0.1, 0.15) is 79.1 Å². The van der Waals surface area contributed by atoms with Gasteiger partial charge in [-0.25, -0.2) is 0 Å². The zero-order valence-electron chi connectivity index (χ0n) is 11.8. The largest absolute Gasteiger partial charge is 0.312 e. The molecule has 1 rings (SSSR count). The molecule has 1 heteroatoms. The molecule has 1 N–H and O–H groups in total. The Labute approximate surface area is 102 Å². The molecule has 1 unspecified atom stereocenters. The summed E-state index contributed by atoms with van der Waals surface area (Å²) in [4.78, 5) is 0. The van der Waals surface area contributed by atoms with Crippen molar-refractivity contribution in [1.29, 1.82) is 0 Å². The first-order valence-electron chi connectivity index (χ1n) is 7.38. The van der Waals surface area contributed by atoms with Crippen LogP contribution in [0.3, 0.4) is 0 Å². The third kappa shape index (κ3) is 4.08. The topological polar surface area (TPSA) is 12.0 Å². The fraction of sp³-hybridized carbons (Fsp3) is 1.00. The standard InChI is InChI=1S/C15H31N/c1-5-9-15(10-6-2)11-7-8-14(12-15)16-13(3)4/h13-14,16H,5-12H2,1-4H3. The van der Waals surface area contributed by atoms with Crippen molar-refractivity contribution in [3.8, 4) is 0 Å². The third-order valence-corrected chi connectivity index (χ3v) is 4.07. The Balaban J connectivity index is 2.55. The predicted molar refractivity (Wildman–Crippen MR) is 72.8 cm³/mol. The first kappa shape index (κ1) is 14.0. The van der Waals surface area contributed by atoms with Gasteiger partial charge < -0.3 is 5.32 Å². The molecule has 0 amide bonds. The number of hydrogen-bond donors (Lipinski definition) is 1. The Morgan fingerprint density at radius 1 is 1.19 bits per heavy atom. The van der Waals surface area contributed by atoms with Gasteiger partial charge in [0.15, 0.2) is 0 Å². The van der Waals surface area contributed by atoms with E-state index in [1.54, 1.807) is 0 Å². The molecule has 0 spiro atoms. The Hall–Kier alpha value is -0.0400. The van der Waals surface area contributed by atoms with E-state index in [0.717, 1.165) is 6.04 Å². The van der Waals surface area contributed by atoms with E-state index in [1.807, 2.05) is 0 Å². The minimum absolute atomic E-state index is 0.643. The highest BCUT2D eigenvalue weighted by atomic mass is 14.9. The van der Waals surface area contributed by atoms with E-state index in [4.69, 9.17) is 0 Å². The van der Waals surface area contributed by atoms with E-state index in [-0.39, 0.29) is 0 Å². The normalized spacial score (nSPS) is 24.9. The van der Waals surface area contributed by atoms with Crippen LogP contribution in [0.15, 0.2) is 0 Å². The minimum Gasteiger partial charge on any atom is -0.312 e. The van der Waals surface area contributed by atoms with Gasteiger partial charge in [-0.15, -0.1) is 0 Å². The molecule has 96 valence electrons. The van der Waals surface area contributed by atoms with Gasteiger partial charge in [0.05, 0.1) is 0 Å². The lowest BCUT2D eigenvalue weighted by molar-refractivity contribution is 0.123. The molecule has 1 saturated carbocycles. The van der Waals surface area contributed by atoms with Crippen LogP contribution in [0.4, 0.5) is 0 Å². The molecule has 0 radical (unpaired) electrons. The van der Waals surface area contributed by atoms with Crippen molar-refractivity contribution < 1.29 is 0 Å². The highest BCUT2D eigenvalue weighted by molar-refractivity contribution is 4.89. The Kier molecular flexibility index (Phi) is 5.82. The third-order valence-electron chi connectivity index (χ3n) is 4.07. The lowest BCUT2D eigenvalue weighted by atomic mass is 9.67. The predicted octanol–water partition coefficient (Wildman–Crippen LogP) is 4.51. The van der Waals surface area contributed by atoms with Gasteiger partial charge in [-0.05, 0) is 37.5 Å². The molecular weight excluding hydrogens is 194 g/mol. The maximum absolute atomic E-state index is 3.75. The van der Waals surface area contributed by atoms with Crippen molar-refractivity contribution >= 4 is 0 Å². The SMILES string of the molecule is CCCC1(CCC)CCCC(NC(C)C)C1. The first-order chi connectivity index (χ1) is 7.62. The fourth-order valence-corrected chi connectivity index (χ4v) is 3.70. The van der Waals surface area contributed by atoms with Gasteiger partial charge in [-0.3, -0.25) is 0 Å². The summed E-state index contributed by atoms with van der Waals surface area (Å²) < 4.78 is 0. The van der Waals surface area contributed by atoms with E-state index in [9.17, 15) is 0 Å². The second-order valence-corrected chi connectivity index (χ2v) is 6.11. The van der Waals surface area contributed by atoms with Gasteiger partial charge in [0.1, 0.15) is 0 Å². The molecule has 1 fully saturated rings. The molecule has 1 aliphatic carbocycles. The lowest BCUT2D eigenvalue weighted by Gasteiger charge is -2.42. The van der Waals surface area contributed by atoms with Gasteiger partial charge in [-0.2, -0.15) is 0 Å². The van der Waals surface area contributed by atoms with Gasteiger partial charge >= 0.3 is 0 Å². The number of rotatable bonds is 6. The molecule has 1 aliphatic rings. The summed E-state index contributed by atoms with van der Waals surface area (Å²) >= 11 is 0. The van der Waals surface area contributed by atoms with Crippen molar-refractivity contribution in [3.63, 3.8) is 0 Å². The van der Waals surface area contributed by atoms with E-state index < -0.39 is 0 Å². The van der Waals surface area contributed by atoms with E-state index in [0.29, 0.717) is 11.5 Å². The molecule has 1 atom stereocenters. The van der Waals surface area contributed by atoms with Crippen LogP contribution in [0.5, 0.6) is 0 Å². The average Bonchev–Trinajstić information content (AvgIpc) is 2.17. The van der Waals surface area contributed by atoms with Gasteiger partial charge in [0.2, 0.25) is 0 Å². The Morgan fingerprint density at radius 2 is 1.81 bits per heavy atom. The molecule has 0 aliphatic heterocycles. The molecule has 0 heterocycles. The second-order valence-electron chi connectivity index (χ2n) is 6.11. The summed E-state index contributed by atoms with van der Waals surface area (Å²) in [6.45, 7) is 9.24. The molecule has 1 nitrogen and oxygen atoms in total. The van der Waals surface area contributed by atoms with Crippen LogP contribution < -0.4 is 5.32 Å². The van der Waals surface area contributed by atoms with Gasteiger partial charge in [0, 0.05) is 12.1 Å². The van der Waals surface area contributed by atoms with Crippen LogP contribution >= 0.6 is 0 Å². The molecular formula is C15H31N. The number of hydrogen-bond acceptors (Lipinski definition) is 1. The maximum atomic E-state index is 3.75. The van der Waals surface area contributed by atoms with Crippen LogP contribution in [0.2, 0.25) is 0 Å². The zero-order valence-corrected chi connectivity index (χ0v) is 11.8. The van der Waals surface area contributed by atoms with E-state index in [1.165, 1.54) is 51.4 Å². The molecule has 0 saturated heterocycles. The molecule has 0 aromatic rings. The first-order valence-corrected chi connectivity index (χ1v) is 7.38. The zero-order chi connectivity index (χ0) is 12.0. The van der Waals surface area contributed by atoms with E-state index >= 15 is 0 Å². The summed E-state index contributed by atoms with van der Waals surface area (Å²) in [7, 11) is 0. The summed E-state index contributed by atoms with van der Waals surface area (Å²) in [6, 6.07) is 1.43. The minimum atomic E-state index is 0.643. The maximum Gasteiger partial charge on any atom is 0.00747 e. The van der Waals surface area contributed by atoms with Crippen LogP contribution in [-0.2, 0) is 0 Å². The molecule has 0 bridgehead atoms. The Bertz CT molecular complexity index is 174. The van der Waals surface area contributed by atoms with Crippen molar-refractivity contribution in [3.05, 3.63) is 0 Å². The van der Waals surface area contributed by atoms with Crippen LogP contribution in [-0.4, -0.2) is 12.1 Å². The monoisotopic (exact) mass is 225 g/mol. The quantitative estimate of drug-likeness (QED) is 0.701. The molecule has 16 heavy (non-hydrogen) atoms. The van der Waals surface area contributed by atoms with Crippen molar-refractivity contribution in [2.45, 2.75) is 91.1 Å². The molecule has 0 aromatic heterocycles. The van der Waals surface area contributed by atoms with Gasteiger partial charge in [-0.1, -0.05) is 47.0 Å². The van der Waals surface area contributed by atoms with Crippen molar-refractivity contribution in [1.82, 2.24) is 5.32 Å². The summed E-state index contributed by atoms with van der Waals surface area (Å²) in [5.41, 5.74) is 0.675. The average molecular weight is 225 g/mol. The van der Waals surface area contributed by atoms with Gasteiger partial charge in [0.25, 0.3) is 0 Å². The summed E-state index contributed by atoms with van der Waals surface area (Å²) in [5.74, 6) is 0. The summed E-state index contributed by atoms with van der Waals surface area (Å²) in [6.07, 6.45) is 11.3. The van der Waals surface area contributed by atoms with Crippen molar-refractivity contribution in [2.24, 2.45) is 5.41 Å². The fourth-order valence-electron chi connectivity index (χ4n) is 3.70. The highest BCUT2D eigenvalue weighted by Crippen LogP contribution is 2.44. The van der Waals surface area contributed by atoms with Crippen molar-refractivity contribution in [2.75, 3.05) is 0 Å². The summed E-state index contributed by atoms with van der Waals surface area (Å²) in [5, 5.41) is 3.75. The van der Waals surface area contributed by atoms with Crippen LogP contribution in [0.25, 0.3) is 0 Å². The van der Waals surface area contributed by atoms with E-state index in [2.05, 4.69) is 33.0 Å². The number of nitrogens with one attached hydrogen (secondary N) is 1. The van der Waals surface area contributed by atoms with Crippen LogP contribution in [0, 0.1) is 5.41 Å². The Morgan fingerprint density at radius 3 is 2.31 bits per heavy atom. The smallest absolute Gasteiger partial charge is 0.00747 e. The highest BCUT2D eigenvalue weighted by Gasteiger charge is 2.34. The second kappa shape index (κ2) is 6.64.